The van der Waals surface area contributed by atoms with Crippen molar-refractivity contribution in [2.45, 2.75) is 114 Å². The fourth-order valence-electron chi connectivity index (χ4n) is 9.16. The number of piperidine rings is 1. The normalized spacial score (nSPS) is 31.1. The fraction of sp³-hybridized carbons (Fsp3) is 0.639. The number of hydrogen-bond donors (Lipinski definition) is 2. The number of benzene rings is 2. The standard InChI is InChI=1S/C36H48N2O4/c1-24(2)22-38(31(40)12-8-4-7-11-25-9-5-3-6-10-25)28-17-18-36(41)30-21-27-15-16-29(39)33-32(27)35(36,34(28)42-33)19-20-37(30)23-26-13-14-26/h3,5-6,9-10,15-16,24,26,28,30,34,39,41H,4,7-8,11-14,17-23H2,1-2H3. The van der Waals surface area contributed by atoms with Crippen LogP contribution in [0.3, 0.4) is 0 Å². The second-order valence-electron chi connectivity index (χ2n) is 14.4. The highest BCUT2D eigenvalue weighted by Crippen LogP contribution is 2.66. The Morgan fingerprint density at radius 1 is 1.07 bits per heavy atom. The highest BCUT2D eigenvalue weighted by molar-refractivity contribution is 5.77. The van der Waals surface area contributed by atoms with E-state index < -0.39 is 11.0 Å². The third-order valence-electron chi connectivity index (χ3n) is 11.2. The third-order valence-corrected chi connectivity index (χ3v) is 11.2. The van der Waals surface area contributed by atoms with Crippen molar-refractivity contribution in [2.75, 3.05) is 19.6 Å². The molecule has 2 aromatic carbocycles. The molecule has 2 aromatic rings. The zero-order valence-corrected chi connectivity index (χ0v) is 25.4. The summed E-state index contributed by atoms with van der Waals surface area (Å²) in [6.45, 7) is 7.05. The highest BCUT2D eigenvalue weighted by Gasteiger charge is 2.73. The first-order valence-corrected chi connectivity index (χ1v) is 16.6. The number of nitrogens with zero attached hydrogens (tertiary/aromatic N) is 2. The number of phenols is 1. The van der Waals surface area contributed by atoms with Crippen molar-refractivity contribution in [1.82, 2.24) is 9.80 Å². The molecule has 2 heterocycles. The van der Waals surface area contributed by atoms with Crippen LogP contribution in [-0.2, 0) is 23.1 Å². The van der Waals surface area contributed by atoms with Gasteiger partial charge in [0.05, 0.1) is 17.1 Å². The largest absolute Gasteiger partial charge is 0.504 e. The molecule has 226 valence electrons. The van der Waals surface area contributed by atoms with E-state index in [4.69, 9.17) is 4.74 Å². The summed E-state index contributed by atoms with van der Waals surface area (Å²) in [7, 11) is 0. The second-order valence-corrected chi connectivity index (χ2v) is 14.4. The predicted molar refractivity (Wildman–Crippen MR) is 164 cm³/mol. The Bertz CT molecular complexity index is 1310. The molecule has 2 aliphatic heterocycles. The predicted octanol–water partition coefficient (Wildman–Crippen LogP) is 5.61. The maximum absolute atomic E-state index is 14.0. The first-order valence-electron chi connectivity index (χ1n) is 16.6. The number of hydrogen-bond acceptors (Lipinski definition) is 5. The fourth-order valence-corrected chi connectivity index (χ4v) is 9.16. The van der Waals surface area contributed by atoms with Gasteiger partial charge in [0.2, 0.25) is 5.91 Å². The molecular weight excluding hydrogens is 524 g/mol. The molecule has 6 heteroatoms. The average Bonchev–Trinajstić information content (AvgIpc) is 3.72. The van der Waals surface area contributed by atoms with Crippen molar-refractivity contribution < 1.29 is 19.7 Å². The first-order chi connectivity index (χ1) is 20.3. The number of likely N-dealkylation sites (tertiary alicyclic amines) is 1. The number of phenolic OH excluding ortho intramolecular Hbond substituents is 1. The Labute approximate surface area is 251 Å². The van der Waals surface area contributed by atoms with Gasteiger partial charge < -0.3 is 19.8 Å². The van der Waals surface area contributed by atoms with E-state index in [0.717, 1.165) is 69.5 Å². The van der Waals surface area contributed by atoms with Crippen molar-refractivity contribution in [3.8, 4) is 11.5 Å². The molecular formula is C36H48N2O4. The van der Waals surface area contributed by atoms with E-state index in [1.54, 1.807) is 6.07 Å². The minimum absolute atomic E-state index is 0.0563. The van der Waals surface area contributed by atoms with Gasteiger partial charge in [-0.3, -0.25) is 9.69 Å². The molecule has 1 amide bonds. The first kappa shape index (κ1) is 28.2. The molecule has 2 N–H and O–H groups in total. The molecule has 7 rings (SSSR count). The number of amides is 1. The van der Waals surface area contributed by atoms with Gasteiger partial charge in [0.1, 0.15) is 6.10 Å². The molecule has 1 saturated heterocycles. The molecule has 0 radical (unpaired) electrons. The smallest absolute Gasteiger partial charge is 0.222 e. The second kappa shape index (κ2) is 10.9. The Hall–Kier alpha value is -2.57. The number of carbonyl (C=O) groups is 1. The quantitative estimate of drug-likeness (QED) is 0.343. The van der Waals surface area contributed by atoms with E-state index in [1.807, 2.05) is 0 Å². The molecule has 5 atom stereocenters. The zero-order chi connectivity index (χ0) is 29.1. The Morgan fingerprint density at radius 2 is 1.88 bits per heavy atom. The Balaban J connectivity index is 1.14. The van der Waals surface area contributed by atoms with E-state index >= 15 is 0 Å². The topological polar surface area (TPSA) is 73.2 Å². The molecule has 2 saturated carbocycles. The van der Waals surface area contributed by atoms with E-state index in [-0.39, 0.29) is 29.8 Å². The molecule has 1 spiro atoms. The van der Waals surface area contributed by atoms with Crippen molar-refractivity contribution in [3.63, 3.8) is 0 Å². The Morgan fingerprint density at radius 3 is 2.64 bits per heavy atom. The van der Waals surface area contributed by atoms with Crippen LogP contribution in [0.15, 0.2) is 42.5 Å². The molecule has 0 aromatic heterocycles. The van der Waals surface area contributed by atoms with Crippen LogP contribution in [0, 0.1) is 11.8 Å². The van der Waals surface area contributed by atoms with Crippen molar-refractivity contribution >= 4 is 5.91 Å². The molecule has 42 heavy (non-hydrogen) atoms. The van der Waals surface area contributed by atoms with Crippen LogP contribution in [0.2, 0.25) is 0 Å². The lowest BCUT2D eigenvalue weighted by atomic mass is 9.48. The summed E-state index contributed by atoms with van der Waals surface area (Å²) >= 11 is 0. The molecule has 3 fully saturated rings. The van der Waals surface area contributed by atoms with Gasteiger partial charge >= 0.3 is 0 Å². The van der Waals surface area contributed by atoms with Crippen LogP contribution in [-0.4, -0.2) is 69.3 Å². The van der Waals surface area contributed by atoms with Gasteiger partial charge in [0.25, 0.3) is 0 Å². The lowest BCUT2D eigenvalue weighted by Crippen LogP contribution is -2.78. The Kier molecular flexibility index (Phi) is 7.29. The molecule has 5 unspecified atom stereocenters. The summed E-state index contributed by atoms with van der Waals surface area (Å²) < 4.78 is 6.80. The molecule has 3 aliphatic carbocycles. The summed E-state index contributed by atoms with van der Waals surface area (Å²) in [4.78, 5) is 18.7. The van der Waals surface area contributed by atoms with Crippen molar-refractivity contribution in [1.29, 1.82) is 0 Å². The summed E-state index contributed by atoms with van der Waals surface area (Å²) in [5.74, 6) is 2.03. The van der Waals surface area contributed by atoms with Crippen LogP contribution >= 0.6 is 0 Å². The minimum Gasteiger partial charge on any atom is -0.504 e. The van der Waals surface area contributed by atoms with Gasteiger partial charge in [-0.15, -0.1) is 0 Å². The molecule has 5 aliphatic rings. The van der Waals surface area contributed by atoms with Crippen LogP contribution in [0.5, 0.6) is 11.5 Å². The highest BCUT2D eigenvalue weighted by atomic mass is 16.5. The maximum atomic E-state index is 14.0. The lowest BCUT2D eigenvalue weighted by Gasteiger charge is -2.65. The number of aromatic hydroxyl groups is 1. The van der Waals surface area contributed by atoms with E-state index in [1.165, 1.54) is 24.0 Å². The number of aliphatic hydroxyl groups is 1. The minimum atomic E-state index is -0.919. The SMILES string of the molecule is CC(C)CN(C(=O)CCCCCc1ccccc1)C1CCC2(O)C3Cc4ccc(O)c5c4C2(CCN3CC2CC2)C1O5. The van der Waals surface area contributed by atoms with Gasteiger partial charge in [-0.2, -0.15) is 0 Å². The number of ether oxygens (including phenoxy) is 1. The summed E-state index contributed by atoms with van der Waals surface area (Å²) in [5.41, 5.74) is 2.10. The van der Waals surface area contributed by atoms with Crippen LogP contribution in [0.1, 0.15) is 88.3 Å². The lowest BCUT2D eigenvalue weighted by molar-refractivity contribution is -0.202. The van der Waals surface area contributed by atoms with Crippen molar-refractivity contribution in [3.05, 3.63) is 59.2 Å². The zero-order valence-electron chi connectivity index (χ0n) is 25.4. The molecule has 6 nitrogen and oxygen atoms in total. The van der Waals surface area contributed by atoms with Gasteiger partial charge in [0, 0.05) is 31.1 Å². The number of aryl methyl sites for hydroxylation is 1. The monoisotopic (exact) mass is 572 g/mol. The van der Waals surface area contributed by atoms with Crippen LogP contribution in [0.4, 0.5) is 0 Å². The number of rotatable bonds is 11. The van der Waals surface area contributed by atoms with E-state index in [2.05, 4.69) is 60.0 Å². The summed E-state index contributed by atoms with van der Waals surface area (Å²) in [6, 6.07) is 14.4. The third kappa shape index (κ3) is 4.55. The van der Waals surface area contributed by atoms with Crippen LogP contribution < -0.4 is 4.74 Å². The van der Waals surface area contributed by atoms with E-state index in [9.17, 15) is 15.0 Å². The number of unbranched alkanes of at least 4 members (excludes halogenated alkanes) is 2. The van der Waals surface area contributed by atoms with Gasteiger partial charge in [-0.1, -0.05) is 56.7 Å². The van der Waals surface area contributed by atoms with Gasteiger partial charge in [-0.05, 0) is 93.4 Å². The van der Waals surface area contributed by atoms with Gasteiger partial charge in [-0.25, -0.2) is 0 Å². The molecule has 2 bridgehead atoms. The summed E-state index contributed by atoms with van der Waals surface area (Å²) in [6.07, 6.45) is 9.85. The average molecular weight is 573 g/mol. The summed E-state index contributed by atoms with van der Waals surface area (Å²) in [5, 5.41) is 23.8. The van der Waals surface area contributed by atoms with E-state index in [0.29, 0.717) is 31.1 Å². The number of carbonyl (C=O) groups excluding carboxylic acids is 1. The van der Waals surface area contributed by atoms with Crippen LogP contribution in [0.25, 0.3) is 0 Å². The maximum Gasteiger partial charge on any atom is 0.222 e. The van der Waals surface area contributed by atoms with Gasteiger partial charge in [0.15, 0.2) is 11.5 Å². The van der Waals surface area contributed by atoms with Crippen molar-refractivity contribution in [2.24, 2.45) is 11.8 Å².